The maximum atomic E-state index is 13.1. The highest BCUT2D eigenvalue weighted by atomic mass is 35.5. The van der Waals surface area contributed by atoms with Crippen LogP contribution in [0.15, 0.2) is 66.7 Å². The van der Waals surface area contributed by atoms with Gasteiger partial charge in [0.2, 0.25) is 0 Å². The first kappa shape index (κ1) is 26.2. The van der Waals surface area contributed by atoms with Gasteiger partial charge in [-0.3, -0.25) is 4.79 Å². The van der Waals surface area contributed by atoms with E-state index in [2.05, 4.69) is 31.8 Å². The summed E-state index contributed by atoms with van der Waals surface area (Å²) >= 11 is 5.91. The summed E-state index contributed by atoms with van der Waals surface area (Å²) < 4.78 is 5.53. The van der Waals surface area contributed by atoms with E-state index in [4.69, 9.17) is 16.3 Å². The fourth-order valence-electron chi connectivity index (χ4n) is 4.31. The van der Waals surface area contributed by atoms with Crippen LogP contribution in [-0.4, -0.2) is 51.8 Å². The van der Waals surface area contributed by atoms with Crippen molar-refractivity contribution in [3.63, 3.8) is 0 Å². The van der Waals surface area contributed by atoms with Gasteiger partial charge in [0.05, 0.1) is 18.4 Å². The Morgan fingerprint density at radius 1 is 0.865 bits per heavy atom. The van der Waals surface area contributed by atoms with Crippen LogP contribution in [0.25, 0.3) is 0 Å². The Labute approximate surface area is 222 Å². The number of hydrogen-bond acceptors (Lipinski definition) is 5. The largest absolute Gasteiger partial charge is 0.495 e. The van der Waals surface area contributed by atoms with Gasteiger partial charge in [-0.05, 0) is 61.0 Å². The average Bonchev–Trinajstić information content (AvgIpc) is 2.93. The van der Waals surface area contributed by atoms with Crippen molar-refractivity contribution < 1.29 is 14.3 Å². The van der Waals surface area contributed by atoms with Crippen molar-refractivity contribution in [3.8, 4) is 5.75 Å². The molecule has 37 heavy (non-hydrogen) atoms. The van der Waals surface area contributed by atoms with E-state index < -0.39 is 6.03 Å². The maximum absolute atomic E-state index is 13.1. The van der Waals surface area contributed by atoms with Gasteiger partial charge in [0.1, 0.15) is 5.75 Å². The normalized spacial score (nSPS) is 13.2. The number of methoxy groups -OCH3 is 1. The molecule has 8 nitrogen and oxygen atoms in total. The number of piperazine rings is 1. The number of carbonyl (C=O) groups excluding carboxylic acids is 2. The number of hydrogen-bond donors (Lipinski definition) is 3. The van der Waals surface area contributed by atoms with Crippen molar-refractivity contribution in [1.29, 1.82) is 0 Å². The number of ether oxygens (including phenoxy) is 1. The minimum absolute atomic E-state index is 0.161. The van der Waals surface area contributed by atoms with Crippen molar-refractivity contribution >= 4 is 46.3 Å². The molecule has 1 fully saturated rings. The number of anilines is 4. The Morgan fingerprint density at radius 3 is 2.16 bits per heavy atom. The summed E-state index contributed by atoms with van der Waals surface area (Å²) in [6, 6.07) is 19.9. The minimum atomic E-state index is -0.402. The lowest BCUT2D eigenvalue weighted by molar-refractivity contribution is 0.0954. The third kappa shape index (κ3) is 6.65. The van der Waals surface area contributed by atoms with Crippen LogP contribution >= 0.6 is 11.6 Å². The van der Waals surface area contributed by atoms with Crippen molar-refractivity contribution in [2.45, 2.75) is 13.3 Å². The lowest BCUT2D eigenvalue weighted by atomic mass is 10.1. The van der Waals surface area contributed by atoms with Crippen molar-refractivity contribution in [2.75, 3.05) is 60.3 Å². The maximum Gasteiger partial charge on any atom is 0.323 e. The van der Waals surface area contributed by atoms with E-state index in [1.165, 1.54) is 0 Å². The van der Waals surface area contributed by atoms with Crippen LogP contribution in [-0.2, 0) is 0 Å². The van der Waals surface area contributed by atoms with Gasteiger partial charge in [0, 0.05) is 54.8 Å². The van der Waals surface area contributed by atoms with Crippen LogP contribution in [0.4, 0.5) is 27.5 Å². The predicted molar refractivity (Wildman–Crippen MR) is 151 cm³/mol. The molecule has 194 valence electrons. The molecule has 0 bridgehead atoms. The summed E-state index contributed by atoms with van der Waals surface area (Å²) in [5.41, 5.74) is 3.59. The van der Waals surface area contributed by atoms with Gasteiger partial charge in [-0.15, -0.1) is 0 Å². The standard InChI is InChI=1S/C28H32ClN5O3/c1-3-14-30-27(35)23-19-22(32-28(36)31-21-10-8-20(29)9-11-21)12-13-24(23)33-15-17-34(18-16-33)25-6-4-5-7-26(25)37-2/h4-13,19H,3,14-18H2,1-2H3,(H,30,35)(H2,31,32,36). The number of halogens is 1. The third-order valence-corrected chi connectivity index (χ3v) is 6.43. The molecule has 3 N–H and O–H groups in total. The summed E-state index contributed by atoms with van der Waals surface area (Å²) in [4.78, 5) is 30.1. The summed E-state index contributed by atoms with van der Waals surface area (Å²) in [6.45, 7) is 5.66. The molecule has 9 heteroatoms. The van der Waals surface area contributed by atoms with E-state index in [1.807, 2.05) is 37.3 Å². The SMILES string of the molecule is CCCNC(=O)c1cc(NC(=O)Nc2ccc(Cl)cc2)ccc1N1CCN(c2ccccc2OC)CC1. The monoisotopic (exact) mass is 521 g/mol. The Bertz CT molecular complexity index is 1230. The van der Waals surface area contributed by atoms with Crippen molar-refractivity contribution in [2.24, 2.45) is 0 Å². The quantitative estimate of drug-likeness (QED) is 0.366. The van der Waals surface area contributed by atoms with Crippen LogP contribution in [0.1, 0.15) is 23.7 Å². The van der Waals surface area contributed by atoms with Gasteiger partial charge >= 0.3 is 6.03 Å². The van der Waals surface area contributed by atoms with E-state index in [0.717, 1.165) is 49.7 Å². The summed E-state index contributed by atoms with van der Waals surface area (Å²) in [5.74, 6) is 0.689. The van der Waals surface area contributed by atoms with E-state index >= 15 is 0 Å². The molecule has 0 saturated carbocycles. The summed E-state index contributed by atoms with van der Waals surface area (Å²) in [6.07, 6.45) is 0.833. The molecule has 0 atom stereocenters. The lowest BCUT2D eigenvalue weighted by Gasteiger charge is -2.38. The van der Waals surface area contributed by atoms with Crippen LogP contribution in [0.5, 0.6) is 5.75 Å². The van der Waals surface area contributed by atoms with E-state index in [0.29, 0.717) is 28.5 Å². The first-order chi connectivity index (χ1) is 18.0. The van der Waals surface area contributed by atoms with Gasteiger partial charge in [-0.2, -0.15) is 0 Å². The second-order valence-corrected chi connectivity index (χ2v) is 9.16. The summed E-state index contributed by atoms with van der Waals surface area (Å²) in [5, 5.41) is 9.16. The molecule has 0 radical (unpaired) electrons. The number of nitrogens with zero attached hydrogens (tertiary/aromatic N) is 2. The Morgan fingerprint density at radius 2 is 1.49 bits per heavy atom. The molecule has 1 aliphatic heterocycles. The molecule has 0 unspecified atom stereocenters. The molecular formula is C28H32ClN5O3. The number of nitrogens with one attached hydrogen (secondary N) is 3. The number of carbonyl (C=O) groups is 2. The highest BCUT2D eigenvalue weighted by molar-refractivity contribution is 6.30. The molecule has 1 saturated heterocycles. The Hall–Kier alpha value is -3.91. The third-order valence-electron chi connectivity index (χ3n) is 6.18. The molecule has 3 aromatic rings. The Balaban J connectivity index is 1.49. The molecule has 0 aliphatic carbocycles. The molecule has 4 rings (SSSR count). The van der Waals surface area contributed by atoms with Crippen molar-refractivity contribution in [3.05, 3.63) is 77.3 Å². The predicted octanol–water partition coefficient (Wildman–Crippen LogP) is 5.46. The molecule has 1 heterocycles. The number of benzene rings is 3. The van der Waals surface area contributed by atoms with Crippen LogP contribution < -0.4 is 30.5 Å². The smallest absolute Gasteiger partial charge is 0.323 e. The molecule has 3 amide bonds. The van der Waals surface area contributed by atoms with Gasteiger partial charge in [0.25, 0.3) is 5.91 Å². The van der Waals surface area contributed by atoms with Crippen molar-refractivity contribution in [1.82, 2.24) is 5.32 Å². The lowest BCUT2D eigenvalue weighted by Crippen LogP contribution is -2.47. The molecule has 1 aliphatic rings. The number of para-hydroxylation sites is 2. The molecule has 0 aromatic heterocycles. The van der Waals surface area contributed by atoms with Gasteiger partial charge in [-0.25, -0.2) is 4.79 Å². The number of amides is 3. The molecular weight excluding hydrogens is 490 g/mol. The zero-order valence-corrected chi connectivity index (χ0v) is 21.8. The van der Waals surface area contributed by atoms with E-state index in [1.54, 1.807) is 37.4 Å². The zero-order chi connectivity index (χ0) is 26.2. The van der Waals surface area contributed by atoms with Crippen LogP contribution in [0, 0.1) is 0 Å². The average molecular weight is 522 g/mol. The second kappa shape index (κ2) is 12.4. The van der Waals surface area contributed by atoms with Gasteiger partial charge in [0.15, 0.2) is 0 Å². The minimum Gasteiger partial charge on any atom is -0.495 e. The van der Waals surface area contributed by atoms with E-state index in [9.17, 15) is 9.59 Å². The van der Waals surface area contributed by atoms with Gasteiger partial charge in [-0.1, -0.05) is 30.7 Å². The fraction of sp³-hybridized carbons (Fsp3) is 0.286. The van der Waals surface area contributed by atoms with Gasteiger partial charge < -0.3 is 30.5 Å². The number of urea groups is 1. The summed E-state index contributed by atoms with van der Waals surface area (Å²) in [7, 11) is 1.68. The van der Waals surface area contributed by atoms with Crippen LogP contribution in [0.2, 0.25) is 5.02 Å². The first-order valence-corrected chi connectivity index (χ1v) is 12.7. The second-order valence-electron chi connectivity index (χ2n) is 8.72. The topological polar surface area (TPSA) is 85.9 Å². The fourth-order valence-corrected chi connectivity index (χ4v) is 4.44. The first-order valence-electron chi connectivity index (χ1n) is 12.4. The molecule has 0 spiro atoms. The highest BCUT2D eigenvalue weighted by Gasteiger charge is 2.23. The van der Waals surface area contributed by atoms with Crippen LogP contribution in [0.3, 0.4) is 0 Å². The number of rotatable bonds is 8. The Kier molecular flexibility index (Phi) is 8.74. The van der Waals surface area contributed by atoms with E-state index in [-0.39, 0.29) is 5.91 Å². The zero-order valence-electron chi connectivity index (χ0n) is 21.1. The highest BCUT2D eigenvalue weighted by Crippen LogP contribution is 2.31. The molecule has 3 aromatic carbocycles.